The Labute approximate surface area is 122 Å². The van der Waals surface area contributed by atoms with E-state index in [1.807, 2.05) is 6.20 Å². The van der Waals surface area contributed by atoms with Crippen LogP contribution >= 0.6 is 22.7 Å². The first-order chi connectivity index (χ1) is 9.19. The molecule has 0 unspecified atom stereocenters. The lowest BCUT2D eigenvalue weighted by Gasteiger charge is -2.04. The Balaban J connectivity index is 1.99. The van der Waals surface area contributed by atoms with Gasteiger partial charge in [-0.3, -0.25) is 0 Å². The van der Waals surface area contributed by atoms with Crippen molar-refractivity contribution in [3.8, 4) is 10.6 Å². The van der Waals surface area contributed by atoms with E-state index in [1.165, 1.54) is 12.8 Å². The van der Waals surface area contributed by atoms with Gasteiger partial charge in [0.1, 0.15) is 5.01 Å². The molecule has 0 saturated carbocycles. The van der Waals surface area contributed by atoms with Crippen LogP contribution in [0, 0.1) is 0 Å². The molecule has 0 fully saturated rings. The lowest BCUT2D eigenvalue weighted by atomic mass is 10.3. The third kappa shape index (κ3) is 4.26. The number of rotatable bonds is 7. The molecule has 0 radical (unpaired) electrons. The highest BCUT2D eigenvalue weighted by Gasteiger charge is 2.09. The van der Waals surface area contributed by atoms with E-state index in [1.54, 1.807) is 22.7 Å². The van der Waals surface area contributed by atoms with E-state index in [-0.39, 0.29) is 0 Å². The van der Waals surface area contributed by atoms with Crippen LogP contribution in [-0.4, -0.2) is 35.5 Å². The van der Waals surface area contributed by atoms with Crippen molar-refractivity contribution in [3.05, 3.63) is 16.6 Å². The number of hydrogen-bond acceptors (Lipinski definition) is 6. The van der Waals surface area contributed by atoms with E-state index < -0.39 is 0 Å². The van der Waals surface area contributed by atoms with E-state index in [9.17, 15) is 0 Å². The van der Waals surface area contributed by atoms with Crippen LogP contribution in [0.5, 0.6) is 0 Å². The van der Waals surface area contributed by atoms with Gasteiger partial charge in [0, 0.05) is 24.7 Å². The average molecular weight is 296 g/mol. The summed E-state index contributed by atoms with van der Waals surface area (Å²) in [5.41, 5.74) is 1.03. The maximum atomic E-state index is 4.61. The maximum Gasteiger partial charge on any atom is 0.183 e. The molecule has 104 valence electrons. The van der Waals surface area contributed by atoms with E-state index in [0.717, 1.165) is 33.8 Å². The Morgan fingerprint density at radius 2 is 2.21 bits per heavy atom. The highest BCUT2D eigenvalue weighted by Crippen LogP contribution is 2.29. The lowest BCUT2D eigenvalue weighted by Crippen LogP contribution is -2.09. The summed E-state index contributed by atoms with van der Waals surface area (Å²) in [6.07, 6.45) is 4.31. The Bertz CT molecular complexity index is 504. The van der Waals surface area contributed by atoms with Crippen molar-refractivity contribution >= 4 is 27.8 Å². The third-order valence-electron chi connectivity index (χ3n) is 2.57. The van der Waals surface area contributed by atoms with Crippen LogP contribution in [0.15, 0.2) is 11.6 Å². The van der Waals surface area contributed by atoms with Gasteiger partial charge in [-0.15, -0.1) is 22.7 Å². The van der Waals surface area contributed by atoms with Crippen molar-refractivity contribution in [1.82, 2.24) is 14.9 Å². The molecule has 0 bridgehead atoms. The summed E-state index contributed by atoms with van der Waals surface area (Å²) in [6.45, 7) is 4.08. The molecule has 0 saturated heterocycles. The zero-order chi connectivity index (χ0) is 13.7. The van der Waals surface area contributed by atoms with Gasteiger partial charge in [0.05, 0.1) is 10.6 Å². The summed E-state index contributed by atoms with van der Waals surface area (Å²) in [4.78, 5) is 12.3. The number of anilines is 1. The summed E-state index contributed by atoms with van der Waals surface area (Å²) in [5, 5.41) is 7.60. The van der Waals surface area contributed by atoms with Gasteiger partial charge in [-0.2, -0.15) is 0 Å². The van der Waals surface area contributed by atoms with Crippen LogP contribution in [0.3, 0.4) is 0 Å². The minimum atomic E-state index is 0.885. The Morgan fingerprint density at radius 1 is 1.37 bits per heavy atom. The molecule has 0 aliphatic carbocycles. The molecule has 0 aliphatic rings. The molecule has 4 nitrogen and oxygen atoms in total. The Hall–Kier alpha value is -0.980. The van der Waals surface area contributed by atoms with Crippen LogP contribution in [-0.2, 0) is 6.54 Å². The Morgan fingerprint density at radius 3 is 2.95 bits per heavy atom. The number of hydrogen-bond donors (Lipinski definition) is 1. The van der Waals surface area contributed by atoms with Gasteiger partial charge < -0.3 is 10.2 Å². The fourth-order valence-corrected chi connectivity index (χ4v) is 3.42. The molecule has 0 aromatic carbocycles. The number of nitrogens with one attached hydrogen (secondary N) is 1. The molecule has 2 aromatic heterocycles. The highest BCUT2D eigenvalue weighted by molar-refractivity contribution is 7.16. The summed E-state index contributed by atoms with van der Waals surface area (Å²) >= 11 is 3.38. The first-order valence-electron chi connectivity index (χ1n) is 6.48. The van der Waals surface area contributed by atoms with Crippen molar-refractivity contribution in [1.29, 1.82) is 0 Å². The second-order valence-corrected chi connectivity index (χ2v) is 6.65. The summed E-state index contributed by atoms with van der Waals surface area (Å²) in [7, 11) is 4.11. The van der Waals surface area contributed by atoms with Crippen molar-refractivity contribution in [2.75, 3.05) is 26.0 Å². The van der Waals surface area contributed by atoms with Gasteiger partial charge >= 0.3 is 0 Å². The SMILES string of the molecule is CCCCNc1nc(-c2cnc(CN(C)C)s2)cs1. The predicted molar refractivity (Wildman–Crippen MR) is 84.0 cm³/mol. The maximum absolute atomic E-state index is 4.61. The molecule has 0 aliphatic heterocycles. The quantitative estimate of drug-likeness (QED) is 0.793. The molecule has 2 aromatic rings. The molecule has 6 heteroatoms. The third-order valence-corrected chi connectivity index (χ3v) is 4.37. The zero-order valence-corrected chi connectivity index (χ0v) is 13.3. The lowest BCUT2D eigenvalue weighted by molar-refractivity contribution is 0.401. The molecular formula is C13H20N4S2. The van der Waals surface area contributed by atoms with Gasteiger partial charge in [0.15, 0.2) is 5.13 Å². The average Bonchev–Trinajstić information content (AvgIpc) is 2.97. The number of aromatic nitrogens is 2. The van der Waals surface area contributed by atoms with E-state index in [2.05, 4.69) is 46.6 Å². The van der Waals surface area contributed by atoms with E-state index in [4.69, 9.17) is 0 Å². The summed E-state index contributed by atoms with van der Waals surface area (Å²) in [5.74, 6) is 0. The fraction of sp³-hybridized carbons (Fsp3) is 0.538. The van der Waals surface area contributed by atoms with E-state index in [0.29, 0.717) is 0 Å². The first-order valence-corrected chi connectivity index (χ1v) is 8.18. The van der Waals surface area contributed by atoms with Crippen molar-refractivity contribution in [3.63, 3.8) is 0 Å². The molecular weight excluding hydrogens is 276 g/mol. The second-order valence-electron chi connectivity index (χ2n) is 4.67. The minimum Gasteiger partial charge on any atom is -0.362 e. The zero-order valence-electron chi connectivity index (χ0n) is 11.6. The predicted octanol–water partition coefficient (Wildman–Crippen LogP) is 3.54. The normalized spacial score (nSPS) is 11.2. The molecule has 1 N–H and O–H groups in total. The van der Waals surface area contributed by atoms with Gasteiger partial charge in [-0.1, -0.05) is 13.3 Å². The molecule has 0 spiro atoms. The van der Waals surface area contributed by atoms with Gasteiger partial charge in [0.2, 0.25) is 0 Å². The number of nitrogens with zero attached hydrogens (tertiary/aromatic N) is 3. The van der Waals surface area contributed by atoms with Crippen LogP contribution in [0.4, 0.5) is 5.13 Å². The van der Waals surface area contributed by atoms with Crippen LogP contribution in [0.1, 0.15) is 24.8 Å². The first kappa shape index (κ1) is 14.4. The van der Waals surface area contributed by atoms with Gasteiger partial charge in [-0.05, 0) is 20.5 Å². The minimum absolute atomic E-state index is 0.885. The van der Waals surface area contributed by atoms with Crippen LogP contribution in [0.25, 0.3) is 10.6 Å². The number of unbranched alkanes of at least 4 members (excludes halogenated alkanes) is 1. The highest BCUT2D eigenvalue weighted by atomic mass is 32.1. The fourth-order valence-electron chi connectivity index (χ4n) is 1.61. The molecule has 2 heterocycles. The smallest absolute Gasteiger partial charge is 0.183 e. The Kier molecular flexibility index (Phi) is 5.30. The molecule has 19 heavy (non-hydrogen) atoms. The largest absolute Gasteiger partial charge is 0.362 e. The van der Waals surface area contributed by atoms with Crippen LogP contribution in [0.2, 0.25) is 0 Å². The summed E-state index contributed by atoms with van der Waals surface area (Å²) < 4.78 is 0. The van der Waals surface area contributed by atoms with Crippen molar-refractivity contribution in [2.45, 2.75) is 26.3 Å². The standard InChI is InChI=1S/C13H20N4S2/c1-4-5-6-14-13-16-10(9-18-13)11-7-15-12(19-11)8-17(2)3/h7,9H,4-6,8H2,1-3H3,(H,14,16). The van der Waals surface area contributed by atoms with Crippen LogP contribution < -0.4 is 5.32 Å². The number of thiazole rings is 2. The van der Waals surface area contributed by atoms with E-state index >= 15 is 0 Å². The molecule has 2 rings (SSSR count). The van der Waals surface area contributed by atoms with Crippen molar-refractivity contribution in [2.24, 2.45) is 0 Å². The molecule has 0 amide bonds. The van der Waals surface area contributed by atoms with Gasteiger partial charge in [-0.25, -0.2) is 9.97 Å². The molecule has 0 atom stereocenters. The summed E-state index contributed by atoms with van der Waals surface area (Å²) in [6, 6.07) is 0. The second kappa shape index (κ2) is 6.98. The van der Waals surface area contributed by atoms with Gasteiger partial charge in [0.25, 0.3) is 0 Å². The van der Waals surface area contributed by atoms with Crippen molar-refractivity contribution < 1.29 is 0 Å². The monoisotopic (exact) mass is 296 g/mol. The topological polar surface area (TPSA) is 41.1 Å².